The van der Waals surface area contributed by atoms with E-state index in [1.807, 2.05) is 56.6 Å². The van der Waals surface area contributed by atoms with Gasteiger partial charge >= 0.3 is 0 Å². The van der Waals surface area contributed by atoms with Crippen LogP contribution in [0.1, 0.15) is 5.82 Å². The summed E-state index contributed by atoms with van der Waals surface area (Å²) in [6, 6.07) is 14.0. The average Bonchev–Trinajstić information content (AvgIpc) is 2.52. The topological polar surface area (TPSA) is 77.2 Å². The number of hydrogen-bond acceptors (Lipinski definition) is 6. The van der Waals surface area contributed by atoms with Gasteiger partial charge < -0.3 is 15.4 Å². The average molecular weight is 295 g/mol. The van der Waals surface area contributed by atoms with Crippen molar-refractivity contribution in [2.75, 3.05) is 24.7 Å². The third-order valence-electron chi connectivity index (χ3n) is 3.19. The standard InChI is InChI=1S/C16H17N5O/c1-21(2)16-19-14(18-15(17)20-16)10-22-13-9-5-7-11-6-3-4-8-12(11)13/h3-9H,10H2,1-2H3,(H2,17,18,19,20). The number of nitrogen functional groups attached to an aromatic ring is 1. The maximum atomic E-state index is 5.87. The summed E-state index contributed by atoms with van der Waals surface area (Å²) in [5.41, 5.74) is 5.71. The van der Waals surface area contributed by atoms with E-state index in [0.717, 1.165) is 16.5 Å². The second-order valence-corrected chi connectivity index (χ2v) is 5.07. The van der Waals surface area contributed by atoms with Crippen LogP contribution in [0.25, 0.3) is 10.8 Å². The molecule has 1 aromatic heterocycles. The summed E-state index contributed by atoms with van der Waals surface area (Å²) < 4.78 is 5.87. The molecule has 0 spiro atoms. The lowest BCUT2D eigenvalue weighted by atomic mass is 10.1. The molecule has 22 heavy (non-hydrogen) atoms. The zero-order valence-electron chi connectivity index (χ0n) is 12.5. The second kappa shape index (κ2) is 5.85. The van der Waals surface area contributed by atoms with Crippen LogP contribution in [-0.4, -0.2) is 29.0 Å². The van der Waals surface area contributed by atoms with Gasteiger partial charge in [0, 0.05) is 19.5 Å². The minimum atomic E-state index is 0.190. The van der Waals surface area contributed by atoms with Crippen molar-refractivity contribution in [2.24, 2.45) is 0 Å². The first-order chi connectivity index (χ1) is 10.6. The molecule has 0 saturated carbocycles. The van der Waals surface area contributed by atoms with Crippen LogP contribution in [0.4, 0.5) is 11.9 Å². The molecule has 0 aliphatic rings. The molecule has 0 amide bonds. The van der Waals surface area contributed by atoms with Crippen LogP contribution < -0.4 is 15.4 Å². The molecule has 0 radical (unpaired) electrons. The molecule has 3 rings (SSSR count). The lowest BCUT2D eigenvalue weighted by Crippen LogP contribution is -2.16. The van der Waals surface area contributed by atoms with Gasteiger partial charge in [0.2, 0.25) is 11.9 Å². The summed E-state index contributed by atoms with van der Waals surface area (Å²) in [5, 5.41) is 2.18. The molecule has 0 atom stereocenters. The molecule has 0 bridgehead atoms. The Labute approximate surface area is 128 Å². The Bertz CT molecular complexity index is 798. The number of benzene rings is 2. The minimum absolute atomic E-state index is 0.190. The van der Waals surface area contributed by atoms with Crippen molar-refractivity contribution in [3.05, 3.63) is 48.3 Å². The fraction of sp³-hybridized carbons (Fsp3) is 0.188. The van der Waals surface area contributed by atoms with E-state index in [4.69, 9.17) is 10.5 Å². The Morgan fingerprint density at radius 1 is 1.00 bits per heavy atom. The van der Waals surface area contributed by atoms with Gasteiger partial charge in [0.25, 0.3) is 0 Å². The van der Waals surface area contributed by atoms with Gasteiger partial charge in [-0.1, -0.05) is 36.4 Å². The van der Waals surface area contributed by atoms with Crippen LogP contribution in [0.2, 0.25) is 0 Å². The molecule has 0 aliphatic heterocycles. The van der Waals surface area contributed by atoms with E-state index < -0.39 is 0 Å². The number of aromatic nitrogens is 3. The summed E-state index contributed by atoms with van der Waals surface area (Å²) in [6.45, 7) is 0.238. The van der Waals surface area contributed by atoms with Crippen LogP contribution in [-0.2, 0) is 6.61 Å². The van der Waals surface area contributed by atoms with Gasteiger partial charge in [0.05, 0.1) is 0 Å². The van der Waals surface area contributed by atoms with Gasteiger partial charge in [-0.2, -0.15) is 15.0 Å². The van der Waals surface area contributed by atoms with E-state index in [2.05, 4.69) is 15.0 Å². The molecule has 112 valence electrons. The van der Waals surface area contributed by atoms with Crippen LogP contribution in [0.3, 0.4) is 0 Å². The van der Waals surface area contributed by atoms with Crippen LogP contribution in [0, 0.1) is 0 Å². The van der Waals surface area contributed by atoms with Crippen molar-refractivity contribution in [1.29, 1.82) is 0 Å². The smallest absolute Gasteiger partial charge is 0.230 e. The highest BCUT2D eigenvalue weighted by atomic mass is 16.5. The molecule has 2 N–H and O–H groups in total. The van der Waals surface area contributed by atoms with Gasteiger partial charge in [-0.3, -0.25) is 0 Å². The van der Waals surface area contributed by atoms with E-state index in [1.54, 1.807) is 4.90 Å². The van der Waals surface area contributed by atoms with Crippen molar-refractivity contribution in [1.82, 2.24) is 15.0 Å². The summed E-state index contributed by atoms with van der Waals surface area (Å²) >= 11 is 0. The molecule has 6 nitrogen and oxygen atoms in total. The SMILES string of the molecule is CN(C)c1nc(N)nc(COc2cccc3ccccc23)n1. The Morgan fingerprint density at radius 2 is 1.77 bits per heavy atom. The lowest BCUT2D eigenvalue weighted by molar-refractivity contribution is 0.299. The van der Waals surface area contributed by atoms with Crippen LogP contribution in [0.15, 0.2) is 42.5 Å². The number of nitrogens with zero attached hydrogens (tertiary/aromatic N) is 4. The molecular weight excluding hydrogens is 278 g/mol. The quantitative estimate of drug-likeness (QED) is 0.795. The maximum absolute atomic E-state index is 5.87. The second-order valence-electron chi connectivity index (χ2n) is 5.07. The first kappa shape index (κ1) is 14.1. The van der Waals surface area contributed by atoms with Gasteiger partial charge in [-0.05, 0) is 11.5 Å². The van der Waals surface area contributed by atoms with Gasteiger partial charge in [0.1, 0.15) is 12.4 Å². The summed E-state index contributed by atoms with van der Waals surface area (Å²) in [4.78, 5) is 14.3. The van der Waals surface area contributed by atoms with E-state index in [9.17, 15) is 0 Å². The van der Waals surface area contributed by atoms with E-state index in [1.165, 1.54) is 0 Å². The maximum Gasteiger partial charge on any atom is 0.230 e. The predicted octanol–water partition coefficient (Wildman–Crippen LogP) is 2.25. The van der Waals surface area contributed by atoms with Gasteiger partial charge in [0.15, 0.2) is 5.82 Å². The van der Waals surface area contributed by atoms with Gasteiger partial charge in [-0.15, -0.1) is 0 Å². The number of fused-ring (bicyclic) bond motifs is 1. The molecule has 0 unspecified atom stereocenters. The Kier molecular flexibility index (Phi) is 3.74. The fourth-order valence-corrected chi connectivity index (χ4v) is 2.15. The van der Waals surface area contributed by atoms with Crippen molar-refractivity contribution in [2.45, 2.75) is 6.61 Å². The summed E-state index contributed by atoms with van der Waals surface area (Å²) in [6.07, 6.45) is 0. The Morgan fingerprint density at radius 3 is 2.59 bits per heavy atom. The van der Waals surface area contributed by atoms with Gasteiger partial charge in [-0.25, -0.2) is 0 Å². The third kappa shape index (κ3) is 2.90. The van der Waals surface area contributed by atoms with Crippen molar-refractivity contribution in [3.8, 4) is 5.75 Å². The molecule has 0 aliphatic carbocycles. The molecule has 1 heterocycles. The Balaban J connectivity index is 1.85. The minimum Gasteiger partial charge on any atom is -0.485 e. The number of nitrogens with two attached hydrogens (primary N) is 1. The van der Waals surface area contributed by atoms with E-state index in [0.29, 0.717) is 11.8 Å². The lowest BCUT2D eigenvalue weighted by Gasteiger charge is -2.12. The van der Waals surface area contributed by atoms with Crippen molar-refractivity contribution < 1.29 is 4.74 Å². The molecule has 0 saturated heterocycles. The van der Waals surface area contributed by atoms with Crippen LogP contribution in [0.5, 0.6) is 5.75 Å². The molecule has 6 heteroatoms. The van der Waals surface area contributed by atoms with E-state index in [-0.39, 0.29) is 12.6 Å². The highest BCUT2D eigenvalue weighted by Gasteiger charge is 2.08. The first-order valence-corrected chi connectivity index (χ1v) is 6.92. The molecule has 3 aromatic rings. The highest BCUT2D eigenvalue weighted by Crippen LogP contribution is 2.25. The van der Waals surface area contributed by atoms with E-state index >= 15 is 0 Å². The summed E-state index contributed by atoms with van der Waals surface area (Å²) in [5.74, 6) is 2.01. The monoisotopic (exact) mass is 295 g/mol. The zero-order chi connectivity index (χ0) is 15.5. The van der Waals surface area contributed by atoms with Crippen molar-refractivity contribution >= 4 is 22.7 Å². The highest BCUT2D eigenvalue weighted by molar-refractivity contribution is 5.88. The molecule has 0 fully saturated rings. The number of hydrogen-bond donors (Lipinski definition) is 1. The Hall–Kier alpha value is -2.89. The normalized spacial score (nSPS) is 10.6. The largest absolute Gasteiger partial charge is 0.485 e. The first-order valence-electron chi connectivity index (χ1n) is 6.92. The molecular formula is C16H17N5O. The van der Waals surface area contributed by atoms with Crippen molar-refractivity contribution in [3.63, 3.8) is 0 Å². The van der Waals surface area contributed by atoms with Crippen LogP contribution >= 0.6 is 0 Å². The predicted molar refractivity (Wildman–Crippen MR) is 86.8 cm³/mol. The summed E-state index contributed by atoms with van der Waals surface area (Å²) in [7, 11) is 3.70. The number of ether oxygens (including phenoxy) is 1. The zero-order valence-corrected chi connectivity index (χ0v) is 12.5. The fourth-order valence-electron chi connectivity index (χ4n) is 2.15. The number of rotatable bonds is 4. The third-order valence-corrected chi connectivity index (χ3v) is 3.19. The number of anilines is 2. The molecule has 2 aromatic carbocycles.